The van der Waals surface area contributed by atoms with Crippen molar-refractivity contribution >= 4 is 0 Å². The average Bonchev–Trinajstić information content (AvgIpc) is 2.84. The van der Waals surface area contributed by atoms with E-state index in [1.807, 2.05) is 0 Å². The largest absolute Gasteiger partial charge is 0.310 e. The lowest BCUT2D eigenvalue weighted by atomic mass is 9.53. The molecule has 4 aliphatic rings. The molecule has 4 aliphatic carbocycles. The molecule has 0 atom stereocenters. The Morgan fingerprint density at radius 2 is 1.80 bits per heavy atom. The summed E-state index contributed by atoms with van der Waals surface area (Å²) in [5.41, 5.74) is 1.72. The second kappa shape index (κ2) is 4.59. The molecule has 110 valence electrons. The van der Waals surface area contributed by atoms with Crippen LogP contribution in [0.25, 0.3) is 0 Å². The van der Waals surface area contributed by atoms with Gasteiger partial charge in [-0.3, -0.25) is 4.68 Å². The predicted molar refractivity (Wildman–Crippen MR) is 80.3 cm³/mol. The van der Waals surface area contributed by atoms with Crippen molar-refractivity contribution in [2.24, 2.45) is 17.8 Å². The van der Waals surface area contributed by atoms with Gasteiger partial charge in [-0.05, 0) is 56.3 Å². The Kier molecular flexibility index (Phi) is 2.95. The summed E-state index contributed by atoms with van der Waals surface area (Å²) in [4.78, 5) is 0. The van der Waals surface area contributed by atoms with Crippen LogP contribution >= 0.6 is 0 Å². The highest BCUT2D eigenvalue weighted by Gasteiger charge is 2.52. The Labute approximate surface area is 122 Å². The first kappa shape index (κ1) is 12.9. The summed E-state index contributed by atoms with van der Waals surface area (Å²) in [5.74, 6) is 2.97. The van der Waals surface area contributed by atoms with Gasteiger partial charge in [-0.15, -0.1) is 0 Å². The monoisotopic (exact) mass is 273 g/mol. The first-order valence-corrected chi connectivity index (χ1v) is 8.40. The number of aromatic nitrogens is 2. The lowest BCUT2D eigenvalue weighted by Gasteiger charge is -2.56. The fourth-order valence-electron chi connectivity index (χ4n) is 5.38. The van der Waals surface area contributed by atoms with Gasteiger partial charge < -0.3 is 5.32 Å². The molecule has 0 unspecified atom stereocenters. The zero-order chi connectivity index (χ0) is 13.7. The molecular weight excluding hydrogens is 246 g/mol. The maximum Gasteiger partial charge on any atom is 0.0635 e. The van der Waals surface area contributed by atoms with E-state index in [0.29, 0.717) is 11.6 Å². The molecule has 1 heterocycles. The molecule has 4 saturated carbocycles. The quantitative estimate of drug-likeness (QED) is 0.912. The molecule has 0 radical (unpaired) electrons. The standard InChI is InChI=1S/C17H27N3/c1-12(2)18-9-16-10-19-20(11-16)17-6-13-3-14(7-17)5-15(4-13)8-17/h10-15,18H,3-9H2,1-2H3. The molecule has 4 fully saturated rings. The number of hydrogen-bond donors (Lipinski definition) is 1. The van der Waals surface area contributed by atoms with Gasteiger partial charge in [0, 0.05) is 24.3 Å². The zero-order valence-electron chi connectivity index (χ0n) is 12.8. The molecule has 3 heteroatoms. The Bertz CT molecular complexity index is 453. The van der Waals surface area contributed by atoms with Crippen LogP contribution in [0.3, 0.4) is 0 Å². The first-order valence-electron chi connectivity index (χ1n) is 8.40. The van der Waals surface area contributed by atoms with Gasteiger partial charge in [0.05, 0.1) is 11.7 Å². The van der Waals surface area contributed by atoms with E-state index in [4.69, 9.17) is 5.10 Å². The van der Waals surface area contributed by atoms with Crippen LogP contribution in [0.5, 0.6) is 0 Å². The highest BCUT2D eigenvalue weighted by atomic mass is 15.3. The van der Waals surface area contributed by atoms with E-state index in [0.717, 1.165) is 24.3 Å². The van der Waals surface area contributed by atoms with Gasteiger partial charge in [0.15, 0.2) is 0 Å². The van der Waals surface area contributed by atoms with Crippen molar-refractivity contribution in [3.8, 4) is 0 Å². The second-order valence-electron chi connectivity index (χ2n) is 7.97. The second-order valence-corrected chi connectivity index (χ2v) is 7.97. The molecule has 0 spiro atoms. The third-order valence-corrected chi connectivity index (χ3v) is 5.84. The molecule has 1 aromatic heterocycles. The predicted octanol–water partition coefficient (Wildman–Crippen LogP) is 3.31. The van der Waals surface area contributed by atoms with Crippen LogP contribution in [-0.2, 0) is 12.1 Å². The normalized spacial score (nSPS) is 38.9. The van der Waals surface area contributed by atoms with Crippen LogP contribution in [0.2, 0.25) is 0 Å². The van der Waals surface area contributed by atoms with E-state index in [1.54, 1.807) is 0 Å². The van der Waals surface area contributed by atoms with Gasteiger partial charge in [-0.1, -0.05) is 13.8 Å². The fourth-order valence-corrected chi connectivity index (χ4v) is 5.38. The van der Waals surface area contributed by atoms with Gasteiger partial charge in [0.1, 0.15) is 0 Å². The maximum absolute atomic E-state index is 4.76. The highest BCUT2D eigenvalue weighted by molar-refractivity contribution is 5.10. The minimum Gasteiger partial charge on any atom is -0.310 e. The molecule has 5 rings (SSSR count). The van der Waals surface area contributed by atoms with Crippen molar-refractivity contribution in [1.82, 2.24) is 15.1 Å². The van der Waals surface area contributed by atoms with Crippen molar-refractivity contribution < 1.29 is 0 Å². The smallest absolute Gasteiger partial charge is 0.0635 e. The Morgan fingerprint density at radius 1 is 1.20 bits per heavy atom. The third kappa shape index (κ3) is 2.11. The minimum absolute atomic E-state index is 0.380. The number of nitrogens with one attached hydrogen (secondary N) is 1. The highest BCUT2D eigenvalue weighted by Crippen LogP contribution is 2.58. The summed E-state index contributed by atoms with van der Waals surface area (Å²) in [6, 6.07) is 0.540. The molecule has 1 N–H and O–H groups in total. The summed E-state index contributed by atoms with van der Waals surface area (Å²) in [7, 11) is 0. The Hall–Kier alpha value is -0.830. The molecule has 1 aromatic rings. The molecule has 0 aliphatic heterocycles. The summed E-state index contributed by atoms with van der Waals surface area (Å²) >= 11 is 0. The Morgan fingerprint density at radius 3 is 2.35 bits per heavy atom. The lowest BCUT2D eigenvalue weighted by Crippen LogP contribution is -2.52. The van der Waals surface area contributed by atoms with E-state index >= 15 is 0 Å². The van der Waals surface area contributed by atoms with Crippen molar-refractivity contribution in [3.63, 3.8) is 0 Å². The van der Waals surface area contributed by atoms with Gasteiger partial charge >= 0.3 is 0 Å². The van der Waals surface area contributed by atoms with E-state index in [9.17, 15) is 0 Å². The number of nitrogens with zero attached hydrogens (tertiary/aromatic N) is 2. The van der Waals surface area contributed by atoms with Crippen LogP contribution < -0.4 is 5.32 Å². The first-order chi connectivity index (χ1) is 9.63. The van der Waals surface area contributed by atoms with Crippen molar-refractivity contribution in [2.45, 2.75) is 70.5 Å². The molecule has 0 aromatic carbocycles. The summed E-state index contributed by atoms with van der Waals surface area (Å²) < 4.78 is 2.36. The number of hydrogen-bond acceptors (Lipinski definition) is 2. The van der Waals surface area contributed by atoms with Crippen LogP contribution in [0.1, 0.15) is 57.9 Å². The molecule has 20 heavy (non-hydrogen) atoms. The van der Waals surface area contributed by atoms with Crippen LogP contribution in [0, 0.1) is 17.8 Å². The van der Waals surface area contributed by atoms with Gasteiger partial charge in [-0.2, -0.15) is 5.10 Å². The Balaban J connectivity index is 1.55. The maximum atomic E-state index is 4.76. The van der Waals surface area contributed by atoms with Crippen LogP contribution in [0.4, 0.5) is 0 Å². The van der Waals surface area contributed by atoms with E-state index < -0.39 is 0 Å². The van der Waals surface area contributed by atoms with Gasteiger partial charge in [0.2, 0.25) is 0 Å². The van der Waals surface area contributed by atoms with Crippen molar-refractivity contribution in [3.05, 3.63) is 18.0 Å². The van der Waals surface area contributed by atoms with Crippen molar-refractivity contribution in [2.75, 3.05) is 0 Å². The lowest BCUT2D eigenvalue weighted by molar-refractivity contribution is -0.0494. The molecular formula is C17H27N3. The molecule has 3 nitrogen and oxygen atoms in total. The van der Waals surface area contributed by atoms with Gasteiger partial charge in [-0.25, -0.2) is 0 Å². The summed E-state index contributed by atoms with van der Waals surface area (Å²) in [5, 5.41) is 8.26. The molecule has 0 amide bonds. The van der Waals surface area contributed by atoms with Crippen molar-refractivity contribution in [1.29, 1.82) is 0 Å². The van der Waals surface area contributed by atoms with Crippen LogP contribution in [-0.4, -0.2) is 15.8 Å². The number of rotatable bonds is 4. The zero-order valence-corrected chi connectivity index (χ0v) is 12.8. The SMILES string of the molecule is CC(C)NCc1cnn(C23CC4CC(CC(C4)C2)C3)c1. The van der Waals surface area contributed by atoms with Gasteiger partial charge in [0.25, 0.3) is 0 Å². The van der Waals surface area contributed by atoms with Crippen LogP contribution in [0.15, 0.2) is 12.4 Å². The van der Waals surface area contributed by atoms with E-state index in [-0.39, 0.29) is 0 Å². The minimum atomic E-state index is 0.380. The molecule has 4 bridgehead atoms. The average molecular weight is 273 g/mol. The van der Waals surface area contributed by atoms with E-state index in [1.165, 1.54) is 44.1 Å². The van der Waals surface area contributed by atoms with E-state index in [2.05, 4.69) is 36.2 Å². The topological polar surface area (TPSA) is 29.9 Å². The molecule has 0 saturated heterocycles. The fraction of sp³-hybridized carbons (Fsp3) is 0.824. The summed E-state index contributed by atoms with van der Waals surface area (Å²) in [6.07, 6.45) is 13.1. The summed E-state index contributed by atoms with van der Waals surface area (Å²) in [6.45, 7) is 5.34. The third-order valence-electron chi connectivity index (χ3n) is 5.84.